The normalized spacial score (nSPS) is 19.1. The van der Waals surface area contributed by atoms with Crippen molar-refractivity contribution < 1.29 is 33.4 Å². The summed E-state index contributed by atoms with van der Waals surface area (Å²) in [4.78, 5) is 54.7. The molecule has 3 amide bonds. The first kappa shape index (κ1) is 37.4. The zero-order valence-corrected chi connectivity index (χ0v) is 31.2. The highest BCUT2D eigenvalue weighted by Gasteiger charge is 2.43. The van der Waals surface area contributed by atoms with Crippen LogP contribution in [-0.4, -0.2) is 77.5 Å². The van der Waals surface area contributed by atoms with Crippen LogP contribution in [0.3, 0.4) is 0 Å². The highest BCUT2D eigenvalue weighted by atomic mass is 32.3. The highest BCUT2D eigenvalue weighted by molar-refractivity contribution is 8.24. The van der Waals surface area contributed by atoms with Gasteiger partial charge in [-0.05, 0) is 78.6 Å². The molecular weight excluding hydrogens is 705 g/mol. The fourth-order valence-electron chi connectivity index (χ4n) is 8.38. The van der Waals surface area contributed by atoms with E-state index in [1.807, 2.05) is 41.0 Å². The molecule has 7 rings (SSSR count). The first-order chi connectivity index (χ1) is 26.0. The molecule has 54 heavy (non-hydrogen) atoms. The molecule has 3 aromatic carbocycles. The fourth-order valence-corrected chi connectivity index (χ4v) is 9.61. The van der Waals surface area contributed by atoms with E-state index in [1.54, 1.807) is 29.2 Å². The van der Waals surface area contributed by atoms with E-state index in [4.69, 9.17) is 5.11 Å². The molecule has 0 unspecified atom stereocenters. The molecule has 0 radical (unpaired) electrons. The number of nitrogens with one attached hydrogen (secondary N) is 2. The summed E-state index contributed by atoms with van der Waals surface area (Å²) in [5.74, 6) is -1.21. The van der Waals surface area contributed by atoms with Crippen molar-refractivity contribution in [1.82, 2.24) is 14.8 Å². The van der Waals surface area contributed by atoms with Crippen LogP contribution in [0.25, 0.3) is 28.2 Å². The number of amides is 3. The van der Waals surface area contributed by atoms with E-state index in [0.717, 1.165) is 66.8 Å². The summed E-state index contributed by atoms with van der Waals surface area (Å²) >= 11 is 0. The van der Waals surface area contributed by atoms with Crippen LogP contribution in [0, 0.1) is 0 Å². The van der Waals surface area contributed by atoms with Gasteiger partial charge in [-0.1, -0.05) is 80.6 Å². The topological polar surface area (TPSA) is 161 Å². The third kappa shape index (κ3) is 8.11. The van der Waals surface area contributed by atoms with E-state index in [2.05, 4.69) is 22.8 Å². The Morgan fingerprint density at radius 2 is 1.54 bits per heavy atom. The third-order valence-electron chi connectivity index (χ3n) is 11.3. The number of aliphatic carboxylic acids is 1. The second kappa shape index (κ2) is 15.8. The van der Waals surface area contributed by atoms with E-state index in [9.17, 15) is 28.3 Å². The van der Waals surface area contributed by atoms with Gasteiger partial charge in [0.2, 0.25) is 11.8 Å². The molecule has 0 spiro atoms. The molecule has 12 heteroatoms. The Hall–Kier alpha value is -4.91. The van der Waals surface area contributed by atoms with E-state index in [1.165, 1.54) is 18.1 Å². The number of carboxylic acid groups (broad SMARTS) is 1. The van der Waals surface area contributed by atoms with E-state index in [0.29, 0.717) is 35.6 Å². The monoisotopic (exact) mass is 752 g/mol. The van der Waals surface area contributed by atoms with Gasteiger partial charge in [-0.2, -0.15) is 10.6 Å². The maximum Gasteiger partial charge on any atom is 0.328 e. The van der Waals surface area contributed by atoms with Gasteiger partial charge in [0.15, 0.2) is 0 Å². The van der Waals surface area contributed by atoms with Crippen molar-refractivity contribution >= 4 is 56.9 Å². The smallest absolute Gasteiger partial charge is 0.328 e. The second-order valence-electron chi connectivity index (χ2n) is 14.9. The molecule has 0 bridgehead atoms. The zero-order chi connectivity index (χ0) is 37.9. The lowest BCUT2D eigenvalue weighted by Crippen LogP contribution is -2.55. The molecule has 3 fully saturated rings. The Bertz CT molecular complexity index is 2050. The Labute approximate surface area is 316 Å². The molecule has 284 valence electrons. The fraction of sp³-hybridized carbons (Fsp3) is 0.381. The van der Waals surface area contributed by atoms with Gasteiger partial charge in [-0.25, -0.2) is 4.79 Å². The summed E-state index contributed by atoms with van der Waals surface area (Å²) in [5.41, 5.74) is 4.44. The Morgan fingerprint density at radius 1 is 0.852 bits per heavy atom. The van der Waals surface area contributed by atoms with Gasteiger partial charge in [-0.3, -0.25) is 23.5 Å². The van der Waals surface area contributed by atoms with Crippen LogP contribution in [0.2, 0.25) is 0 Å². The number of nitrogens with zero attached hydrogens (tertiary/aromatic N) is 2. The molecule has 11 nitrogen and oxygen atoms in total. The number of benzene rings is 3. The van der Waals surface area contributed by atoms with E-state index in [-0.39, 0.29) is 48.9 Å². The number of rotatable bonds is 10. The van der Waals surface area contributed by atoms with Crippen LogP contribution >= 0.6 is 10.6 Å². The minimum absolute atomic E-state index is 0.0366. The molecule has 5 N–H and O–H groups in total. The van der Waals surface area contributed by atoms with Crippen LogP contribution in [0.4, 0.5) is 5.69 Å². The molecule has 2 aliphatic carbocycles. The Balaban J connectivity index is 1.23. The first-order valence-electron chi connectivity index (χ1n) is 18.9. The largest absolute Gasteiger partial charge is 0.478 e. The molecule has 1 saturated heterocycles. The molecule has 3 aliphatic rings. The second-order valence-corrected chi connectivity index (χ2v) is 17.3. The lowest BCUT2D eigenvalue weighted by Gasteiger charge is -2.41. The highest BCUT2D eigenvalue weighted by Crippen LogP contribution is 2.45. The zero-order valence-electron chi connectivity index (χ0n) is 30.3. The summed E-state index contributed by atoms with van der Waals surface area (Å²) in [5, 5.41) is 16.0. The molecule has 2 saturated carbocycles. The van der Waals surface area contributed by atoms with Gasteiger partial charge in [0.1, 0.15) is 12.1 Å². The predicted molar refractivity (Wildman–Crippen MR) is 213 cm³/mol. The van der Waals surface area contributed by atoms with Crippen LogP contribution in [-0.2, 0) is 20.9 Å². The predicted octanol–water partition coefficient (Wildman–Crippen LogP) is 7.73. The van der Waals surface area contributed by atoms with Gasteiger partial charge in [0, 0.05) is 35.8 Å². The number of aromatic nitrogens is 1. The van der Waals surface area contributed by atoms with Crippen LogP contribution < -0.4 is 10.6 Å². The molecule has 0 atom stereocenters. The summed E-state index contributed by atoms with van der Waals surface area (Å²) in [6.45, 7) is 0.593. The summed E-state index contributed by atoms with van der Waals surface area (Å²) in [7, 11) is -2.67. The number of anilines is 1. The Kier molecular flexibility index (Phi) is 11.0. The SMILES string of the molecule is O=C(O)C=Cc1ccc(NC(=O)C2(NC(=O)c3ccc4c(C5CCCCC5)c(-c5ccccc5)n(CC(=O)N5CCS(O)(O)CC5)c4c3)CCCC2)cc1. The number of hydrogen-bond acceptors (Lipinski definition) is 6. The van der Waals surface area contributed by atoms with Crippen molar-refractivity contribution in [2.75, 3.05) is 29.9 Å². The van der Waals surface area contributed by atoms with Crippen molar-refractivity contribution in [1.29, 1.82) is 0 Å². The molecule has 1 aromatic heterocycles. The summed E-state index contributed by atoms with van der Waals surface area (Å²) in [6, 6.07) is 22.6. The van der Waals surface area contributed by atoms with Crippen LogP contribution in [0.15, 0.2) is 78.9 Å². The van der Waals surface area contributed by atoms with E-state index >= 15 is 0 Å². The third-order valence-corrected chi connectivity index (χ3v) is 13.0. The lowest BCUT2D eigenvalue weighted by atomic mass is 9.81. The average Bonchev–Trinajstić information content (AvgIpc) is 3.78. The average molecular weight is 753 g/mol. The van der Waals surface area contributed by atoms with Gasteiger partial charge < -0.3 is 25.2 Å². The van der Waals surface area contributed by atoms with Gasteiger partial charge in [-0.15, -0.1) is 0 Å². The van der Waals surface area contributed by atoms with Crippen molar-refractivity contribution in [3.63, 3.8) is 0 Å². The number of carbonyl (C=O) groups is 4. The molecular formula is C42H48N4O7S. The Morgan fingerprint density at radius 3 is 2.20 bits per heavy atom. The molecule has 4 aromatic rings. The van der Waals surface area contributed by atoms with Gasteiger partial charge in [0.25, 0.3) is 5.91 Å². The number of carbonyl (C=O) groups excluding carboxylic acids is 3. The minimum atomic E-state index is -2.67. The maximum atomic E-state index is 14.2. The standard InChI is InChI=1S/C42H48N4O7S/c47-36(45-23-25-54(52,53)26-24-45)28-46-35-27-32(16-19-34(35)38(30-9-3-1-4-10-30)39(46)31-11-5-2-6-12-31)40(50)44-42(21-7-8-22-42)41(51)43-33-17-13-29(14-18-33)15-20-37(48)49/h2,5-6,11-20,27,30,52-53H,1,3-4,7-10,21-26,28H2,(H,43,51)(H,44,50)(H,48,49). The number of hydrogen-bond donors (Lipinski definition) is 5. The first-order valence-corrected chi connectivity index (χ1v) is 20.8. The quantitative estimate of drug-likeness (QED) is 0.104. The lowest BCUT2D eigenvalue weighted by molar-refractivity contribution is -0.132. The van der Waals surface area contributed by atoms with Crippen molar-refractivity contribution in [3.05, 3.63) is 95.6 Å². The van der Waals surface area contributed by atoms with Gasteiger partial charge in [0.05, 0.1) is 22.7 Å². The van der Waals surface area contributed by atoms with Crippen molar-refractivity contribution in [2.45, 2.75) is 75.8 Å². The number of carboxylic acids is 1. The van der Waals surface area contributed by atoms with E-state index < -0.39 is 22.1 Å². The van der Waals surface area contributed by atoms with Crippen molar-refractivity contribution in [2.24, 2.45) is 0 Å². The summed E-state index contributed by atoms with van der Waals surface area (Å²) in [6.07, 6.45) is 10.6. The van der Waals surface area contributed by atoms with Crippen LogP contribution in [0.1, 0.15) is 85.2 Å². The molecule has 1 aliphatic heterocycles. The van der Waals surface area contributed by atoms with Gasteiger partial charge >= 0.3 is 5.97 Å². The minimum Gasteiger partial charge on any atom is -0.478 e. The maximum absolute atomic E-state index is 14.2. The van der Waals surface area contributed by atoms with Crippen LogP contribution in [0.5, 0.6) is 0 Å². The molecule has 2 heterocycles. The number of fused-ring (bicyclic) bond motifs is 1. The summed E-state index contributed by atoms with van der Waals surface area (Å²) < 4.78 is 22.5. The van der Waals surface area contributed by atoms with Crippen molar-refractivity contribution in [3.8, 4) is 11.3 Å².